The van der Waals surface area contributed by atoms with Gasteiger partial charge in [-0.15, -0.1) is 10.2 Å². The normalized spacial score (nSPS) is 11.3. The SMILES string of the molecule is Cc1nnc2c(-c3nc4ccccc4[nH]c3=O)ncnn12. The predicted molar refractivity (Wildman–Crippen MR) is 74.7 cm³/mol. The number of fused-ring (bicyclic) bond motifs is 2. The van der Waals surface area contributed by atoms with E-state index in [1.54, 1.807) is 13.0 Å². The Bertz CT molecular complexity index is 1030. The van der Waals surface area contributed by atoms with E-state index in [0.717, 1.165) is 0 Å². The van der Waals surface area contributed by atoms with Gasteiger partial charge in [-0.25, -0.2) is 9.97 Å². The number of benzene rings is 1. The molecular formula is C13H9N7O. The second-order valence-electron chi connectivity index (χ2n) is 4.52. The number of nitrogens with zero attached hydrogens (tertiary/aromatic N) is 6. The first kappa shape index (κ1) is 11.6. The number of nitrogens with one attached hydrogen (secondary N) is 1. The number of hydrogen-bond acceptors (Lipinski definition) is 6. The molecule has 21 heavy (non-hydrogen) atoms. The largest absolute Gasteiger partial charge is 0.319 e. The lowest BCUT2D eigenvalue weighted by Gasteiger charge is -2.02. The second kappa shape index (κ2) is 4.17. The summed E-state index contributed by atoms with van der Waals surface area (Å²) in [6, 6.07) is 7.31. The zero-order valence-electron chi connectivity index (χ0n) is 11.0. The van der Waals surface area contributed by atoms with Gasteiger partial charge in [0.05, 0.1) is 11.0 Å². The van der Waals surface area contributed by atoms with Crippen LogP contribution in [-0.2, 0) is 0 Å². The van der Waals surface area contributed by atoms with Gasteiger partial charge in [-0.2, -0.15) is 9.61 Å². The Kier molecular flexibility index (Phi) is 2.31. The van der Waals surface area contributed by atoms with Gasteiger partial charge in [0, 0.05) is 0 Å². The van der Waals surface area contributed by atoms with Crippen molar-refractivity contribution in [2.75, 3.05) is 0 Å². The fraction of sp³-hybridized carbons (Fsp3) is 0.0769. The molecule has 8 nitrogen and oxygen atoms in total. The van der Waals surface area contributed by atoms with Crippen molar-refractivity contribution in [3.8, 4) is 11.4 Å². The van der Waals surface area contributed by atoms with Gasteiger partial charge in [0.2, 0.25) is 5.65 Å². The molecule has 0 aliphatic rings. The summed E-state index contributed by atoms with van der Waals surface area (Å²) in [5.74, 6) is 0.617. The van der Waals surface area contributed by atoms with Gasteiger partial charge < -0.3 is 4.98 Å². The van der Waals surface area contributed by atoms with Gasteiger partial charge in [-0.1, -0.05) is 12.1 Å². The van der Waals surface area contributed by atoms with Crippen LogP contribution in [0.25, 0.3) is 28.1 Å². The van der Waals surface area contributed by atoms with Gasteiger partial charge in [0.25, 0.3) is 5.56 Å². The van der Waals surface area contributed by atoms with Crippen LogP contribution in [0.2, 0.25) is 0 Å². The van der Waals surface area contributed by atoms with Crippen molar-refractivity contribution in [3.63, 3.8) is 0 Å². The number of aromatic nitrogens is 7. The van der Waals surface area contributed by atoms with Crippen LogP contribution >= 0.6 is 0 Å². The monoisotopic (exact) mass is 279 g/mol. The van der Waals surface area contributed by atoms with E-state index in [-0.39, 0.29) is 11.3 Å². The third-order valence-electron chi connectivity index (χ3n) is 3.19. The maximum Gasteiger partial charge on any atom is 0.276 e. The molecule has 4 rings (SSSR count). The summed E-state index contributed by atoms with van der Waals surface area (Å²) in [4.78, 5) is 23.6. The van der Waals surface area contributed by atoms with E-state index >= 15 is 0 Å². The van der Waals surface area contributed by atoms with Crippen molar-refractivity contribution < 1.29 is 0 Å². The minimum atomic E-state index is -0.324. The molecule has 0 fully saturated rings. The highest BCUT2D eigenvalue weighted by molar-refractivity contribution is 5.78. The Morgan fingerprint density at radius 3 is 2.90 bits per heavy atom. The zero-order valence-corrected chi connectivity index (χ0v) is 11.0. The minimum Gasteiger partial charge on any atom is -0.319 e. The molecule has 102 valence electrons. The molecule has 1 aromatic carbocycles. The Hall–Kier alpha value is -3.16. The van der Waals surface area contributed by atoms with Crippen molar-refractivity contribution in [1.82, 2.24) is 34.8 Å². The molecule has 0 saturated heterocycles. The van der Waals surface area contributed by atoms with Gasteiger partial charge in [0.1, 0.15) is 12.0 Å². The number of aromatic amines is 1. The van der Waals surface area contributed by atoms with Crippen LogP contribution in [-0.4, -0.2) is 34.8 Å². The van der Waals surface area contributed by atoms with Gasteiger partial charge in [0.15, 0.2) is 11.5 Å². The smallest absolute Gasteiger partial charge is 0.276 e. The molecule has 1 N–H and O–H groups in total. The first-order chi connectivity index (χ1) is 10.2. The molecule has 8 heteroatoms. The van der Waals surface area contributed by atoms with Gasteiger partial charge >= 0.3 is 0 Å². The fourth-order valence-electron chi connectivity index (χ4n) is 2.19. The van der Waals surface area contributed by atoms with E-state index < -0.39 is 0 Å². The van der Waals surface area contributed by atoms with Gasteiger partial charge in [-0.3, -0.25) is 4.79 Å². The molecule has 0 bridgehead atoms. The molecule has 3 aromatic heterocycles. The number of H-pyrrole nitrogens is 1. The third kappa shape index (κ3) is 1.69. The molecule has 0 atom stereocenters. The summed E-state index contributed by atoms with van der Waals surface area (Å²) >= 11 is 0. The summed E-state index contributed by atoms with van der Waals surface area (Å²) < 4.78 is 1.53. The van der Waals surface area contributed by atoms with Crippen molar-refractivity contribution in [2.45, 2.75) is 6.92 Å². The molecule has 0 unspecified atom stereocenters. The van der Waals surface area contributed by atoms with Crippen LogP contribution in [0.15, 0.2) is 35.4 Å². The van der Waals surface area contributed by atoms with Crippen LogP contribution in [0.4, 0.5) is 0 Å². The summed E-state index contributed by atoms with van der Waals surface area (Å²) in [5, 5.41) is 12.0. The first-order valence-corrected chi connectivity index (χ1v) is 6.26. The fourth-order valence-corrected chi connectivity index (χ4v) is 2.19. The molecule has 0 spiro atoms. The molecular weight excluding hydrogens is 270 g/mol. The predicted octanol–water partition coefficient (Wildman–Crippen LogP) is 0.731. The summed E-state index contributed by atoms with van der Waals surface area (Å²) in [6.07, 6.45) is 1.36. The van der Waals surface area contributed by atoms with Crippen molar-refractivity contribution in [1.29, 1.82) is 0 Å². The summed E-state index contributed by atoms with van der Waals surface area (Å²) in [5.41, 5.74) is 2.00. The average Bonchev–Trinajstić information content (AvgIpc) is 2.88. The molecule has 0 aliphatic heterocycles. The number of aryl methyl sites for hydroxylation is 1. The second-order valence-corrected chi connectivity index (χ2v) is 4.52. The Morgan fingerprint density at radius 1 is 1.14 bits per heavy atom. The highest BCUT2D eigenvalue weighted by Gasteiger charge is 2.16. The maximum atomic E-state index is 12.2. The van der Waals surface area contributed by atoms with Crippen LogP contribution in [0.1, 0.15) is 5.82 Å². The minimum absolute atomic E-state index is 0.202. The van der Waals surface area contributed by atoms with Crippen LogP contribution in [0.3, 0.4) is 0 Å². The molecule has 0 amide bonds. The Balaban J connectivity index is 2.09. The highest BCUT2D eigenvalue weighted by Crippen LogP contribution is 2.17. The maximum absolute atomic E-state index is 12.2. The topological polar surface area (TPSA) is 102 Å². The molecule has 4 aromatic rings. The Morgan fingerprint density at radius 2 is 2.00 bits per heavy atom. The molecule has 0 saturated carbocycles. The van der Waals surface area contributed by atoms with Crippen molar-refractivity contribution >= 4 is 16.7 Å². The lowest BCUT2D eigenvalue weighted by atomic mass is 10.2. The number of rotatable bonds is 1. The van der Waals surface area contributed by atoms with Crippen LogP contribution in [0, 0.1) is 6.92 Å². The number of para-hydroxylation sites is 2. The van der Waals surface area contributed by atoms with E-state index in [0.29, 0.717) is 28.2 Å². The van der Waals surface area contributed by atoms with E-state index in [1.807, 2.05) is 18.2 Å². The quantitative estimate of drug-likeness (QED) is 0.551. The Labute approximate surface area is 117 Å². The van der Waals surface area contributed by atoms with E-state index in [4.69, 9.17) is 0 Å². The van der Waals surface area contributed by atoms with E-state index in [9.17, 15) is 4.79 Å². The lowest BCUT2D eigenvalue weighted by Crippen LogP contribution is -2.13. The average molecular weight is 279 g/mol. The van der Waals surface area contributed by atoms with Crippen LogP contribution < -0.4 is 5.56 Å². The summed E-state index contributed by atoms with van der Waals surface area (Å²) in [6.45, 7) is 1.77. The van der Waals surface area contributed by atoms with Crippen molar-refractivity contribution in [2.24, 2.45) is 0 Å². The standard InChI is InChI=1S/C13H9N7O/c1-7-18-19-12-10(14-6-15-20(7)12)11-13(21)17-9-5-3-2-4-8(9)16-11/h2-6H,1H3,(H,17,21). The molecule has 0 radical (unpaired) electrons. The first-order valence-electron chi connectivity index (χ1n) is 6.26. The van der Waals surface area contributed by atoms with E-state index in [1.165, 1.54) is 10.8 Å². The van der Waals surface area contributed by atoms with E-state index in [2.05, 4.69) is 30.2 Å². The third-order valence-corrected chi connectivity index (χ3v) is 3.19. The highest BCUT2D eigenvalue weighted by atomic mass is 16.1. The molecule has 3 heterocycles. The van der Waals surface area contributed by atoms with Gasteiger partial charge in [-0.05, 0) is 19.1 Å². The molecule has 0 aliphatic carbocycles. The summed E-state index contributed by atoms with van der Waals surface area (Å²) in [7, 11) is 0. The van der Waals surface area contributed by atoms with Crippen LogP contribution in [0.5, 0.6) is 0 Å². The zero-order chi connectivity index (χ0) is 14.4. The van der Waals surface area contributed by atoms with Crippen molar-refractivity contribution in [3.05, 3.63) is 46.8 Å². The lowest BCUT2D eigenvalue weighted by molar-refractivity contribution is 0.852. The number of hydrogen-bond donors (Lipinski definition) is 1.